The summed E-state index contributed by atoms with van der Waals surface area (Å²) in [5, 5.41) is 24.1. The van der Waals surface area contributed by atoms with E-state index in [9.17, 15) is 19.5 Å². The van der Waals surface area contributed by atoms with Crippen LogP contribution in [0.2, 0.25) is 0 Å². The number of amides is 1. The number of aromatic amines is 1. The Morgan fingerprint density at radius 1 is 1.03 bits per heavy atom. The van der Waals surface area contributed by atoms with Crippen LogP contribution >= 0.6 is 0 Å². The van der Waals surface area contributed by atoms with Gasteiger partial charge < -0.3 is 25.3 Å². The number of carbonyl (C=O) groups excluding carboxylic acids is 2. The number of carbonyl (C=O) groups is 3. The number of hydrogen-bond acceptors (Lipinski definition) is 5. The summed E-state index contributed by atoms with van der Waals surface area (Å²) in [6, 6.07) is 15.4. The number of carboxylic acids is 2. The average molecular weight is 408 g/mol. The first kappa shape index (κ1) is 21.1. The van der Waals surface area contributed by atoms with Crippen molar-refractivity contribution in [1.29, 1.82) is 0 Å². The van der Waals surface area contributed by atoms with Crippen molar-refractivity contribution >= 4 is 28.7 Å². The molecule has 0 aliphatic carbocycles. The lowest BCUT2D eigenvalue weighted by Crippen LogP contribution is -2.51. The highest BCUT2D eigenvalue weighted by Gasteiger charge is 2.20. The molecule has 2 aromatic carbocycles. The lowest BCUT2D eigenvalue weighted by atomic mass is 10.0. The van der Waals surface area contributed by atoms with Crippen LogP contribution in [-0.2, 0) is 27.3 Å². The van der Waals surface area contributed by atoms with Crippen LogP contribution < -0.4 is 10.4 Å². The van der Waals surface area contributed by atoms with Gasteiger partial charge in [0.1, 0.15) is 0 Å². The molecule has 0 fully saturated rings. The predicted molar refractivity (Wildman–Crippen MR) is 108 cm³/mol. The van der Waals surface area contributed by atoms with Gasteiger partial charge in [0, 0.05) is 30.1 Å². The second-order valence-electron chi connectivity index (χ2n) is 7.03. The molecule has 0 radical (unpaired) electrons. The lowest BCUT2D eigenvalue weighted by molar-refractivity contribution is -0.308. The van der Waals surface area contributed by atoms with E-state index in [1.807, 2.05) is 54.6 Å². The Bertz CT molecular complexity index is 1030. The molecule has 1 unspecified atom stereocenters. The largest absolute Gasteiger partial charge is 0.548 e. The molecular weight excluding hydrogens is 386 g/mol. The number of aromatic nitrogens is 1. The van der Waals surface area contributed by atoms with E-state index >= 15 is 0 Å². The zero-order valence-corrected chi connectivity index (χ0v) is 16.2. The summed E-state index contributed by atoms with van der Waals surface area (Å²) in [7, 11) is 0. The van der Waals surface area contributed by atoms with E-state index in [1.54, 1.807) is 6.20 Å². The van der Waals surface area contributed by atoms with Gasteiger partial charge in [-0.2, -0.15) is 0 Å². The number of fused-ring (bicyclic) bond motifs is 1. The Balaban J connectivity index is 1.67. The smallest absolute Gasteiger partial charge is 0.317 e. The van der Waals surface area contributed by atoms with Crippen LogP contribution in [0.15, 0.2) is 60.8 Å². The van der Waals surface area contributed by atoms with Crippen LogP contribution in [0.4, 0.5) is 0 Å². The van der Waals surface area contributed by atoms with Gasteiger partial charge in [-0.25, -0.2) is 0 Å². The first-order chi connectivity index (χ1) is 14.4. The molecule has 8 heteroatoms. The summed E-state index contributed by atoms with van der Waals surface area (Å²) in [5.41, 5.74) is 2.46. The molecule has 0 bridgehead atoms. The van der Waals surface area contributed by atoms with Gasteiger partial charge in [0.25, 0.3) is 0 Å². The molecule has 8 nitrogen and oxygen atoms in total. The highest BCUT2D eigenvalue weighted by atomic mass is 16.4. The molecule has 0 aliphatic heterocycles. The van der Waals surface area contributed by atoms with Crippen LogP contribution in [0.3, 0.4) is 0 Å². The fourth-order valence-corrected chi connectivity index (χ4v) is 3.36. The Labute approximate surface area is 173 Å². The summed E-state index contributed by atoms with van der Waals surface area (Å²) in [6.07, 6.45) is 1.76. The van der Waals surface area contributed by atoms with Crippen LogP contribution in [-0.4, -0.2) is 52.0 Å². The SMILES string of the molecule is O=C(O)CN(CC(=O)NC(Cc1c[nH]c2ccccc12)C(=O)[O-])Cc1ccccc1. The summed E-state index contributed by atoms with van der Waals surface area (Å²) in [5.74, 6) is -3.06. The maximum atomic E-state index is 12.5. The van der Waals surface area contributed by atoms with Crippen LogP contribution in [0.1, 0.15) is 11.1 Å². The third kappa shape index (κ3) is 5.68. The van der Waals surface area contributed by atoms with Gasteiger partial charge in [-0.1, -0.05) is 48.5 Å². The number of hydrogen-bond donors (Lipinski definition) is 3. The fourth-order valence-electron chi connectivity index (χ4n) is 3.36. The minimum Gasteiger partial charge on any atom is -0.548 e. The summed E-state index contributed by atoms with van der Waals surface area (Å²) >= 11 is 0. The molecular formula is C22H22N3O5-. The minimum atomic E-state index is -1.40. The molecule has 3 N–H and O–H groups in total. The first-order valence-corrected chi connectivity index (χ1v) is 9.45. The van der Waals surface area contributed by atoms with Gasteiger partial charge in [-0.15, -0.1) is 0 Å². The number of nitrogens with zero attached hydrogens (tertiary/aromatic N) is 1. The van der Waals surface area contributed by atoms with Crippen molar-refractivity contribution < 1.29 is 24.6 Å². The second kappa shape index (κ2) is 9.71. The van der Waals surface area contributed by atoms with Gasteiger partial charge in [-0.3, -0.25) is 14.5 Å². The normalized spacial score (nSPS) is 12.0. The lowest BCUT2D eigenvalue weighted by Gasteiger charge is -2.23. The van der Waals surface area contributed by atoms with E-state index in [0.717, 1.165) is 22.0 Å². The van der Waals surface area contributed by atoms with Crippen molar-refractivity contribution in [1.82, 2.24) is 15.2 Å². The monoisotopic (exact) mass is 408 g/mol. The van der Waals surface area contributed by atoms with E-state index in [0.29, 0.717) is 0 Å². The molecule has 1 atom stereocenters. The van der Waals surface area contributed by atoms with Gasteiger partial charge >= 0.3 is 5.97 Å². The molecule has 1 heterocycles. The summed E-state index contributed by atoms with van der Waals surface area (Å²) < 4.78 is 0. The third-order valence-corrected chi connectivity index (χ3v) is 4.69. The zero-order chi connectivity index (χ0) is 21.5. The number of benzene rings is 2. The predicted octanol–water partition coefficient (Wildman–Crippen LogP) is 0.532. The van der Waals surface area contributed by atoms with Gasteiger partial charge in [0.2, 0.25) is 5.91 Å². The number of para-hydroxylation sites is 1. The van der Waals surface area contributed by atoms with Crippen molar-refractivity contribution in [3.63, 3.8) is 0 Å². The Morgan fingerprint density at radius 3 is 2.43 bits per heavy atom. The Morgan fingerprint density at radius 2 is 1.73 bits per heavy atom. The maximum absolute atomic E-state index is 12.5. The highest BCUT2D eigenvalue weighted by molar-refractivity contribution is 5.87. The Hall–Kier alpha value is -3.65. The van der Waals surface area contributed by atoms with Crippen LogP contribution in [0.5, 0.6) is 0 Å². The maximum Gasteiger partial charge on any atom is 0.317 e. The van der Waals surface area contributed by atoms with Gasteiger partial charge in [0.05, 0.1) is 25.1 Å². The number of nitrogens with one attached hydrogen (secondary N) is 2. The topological polar surface area (TPSA) is 126 Å². The number of rotatable bonds is 10. The quantitative estimate of drug-likeness (QED) is 0.449. The summed E-state index contributed by atoms with van der Waals surface area (Å²) in [4.78, 5) is 39.8. The number of H-pyrrole nitrogens is 1. The van der Waals surface area contributed by atoms with Gasteiger partial charge in [-0.05, 0) is 17.2 Å². The molecule has 0 saturated heterocycles. The van der Waals surface area contributed by atoms with E-state index < -0.39 is 23.9 Å². The second-order valence-corrected chi connectivity index (χ2v) is 7.03. The van der Waals surface area contributed by atoms with Crippen LogP contribution in [0.25, 0.3) is 10.9 Å². The van der Waals surface area contributed by atoms with E-state index in [4.69, 9.17) is 5.11 Å². The Kier molecular flexibility index (Phi) is 6.82. The van der Waals surface area contributed by atoms with E-state index in [2.05, 4.69) is 10.3 Å². The van der Waals surface area contributed by atoms with E-state index in [-0.39, 0.29) is 26.1 Å². The molecule has 0 aliphatic rings. The number of aliphatic carboxylic acids is 2. The van der Waals surface area contributed by atoms with Crippen molar-refractivity contribution in [3.05, 3.63) is 71.9 Å². The standard InChI is InChI=1S/C22H23N3O5/c26-20(13-25(14-21(27)28)12-15-6-2-1-3-7-15)24-19(22(29)30)10-16-11-23-18-9-5-4-8-17(16)18/h1-9,11,19,23H,10,12-14H2,(H,24,26)(H,27,28)(H,29,30)/p-1. The van der Waals surface area contributed by atoms with E-state index in [1.165, 1.54) is 4.90 Å². The molecule has 30 heavy (non-hydrogen) atoms. The molecule has 1 amide bonds. The summed E-state index contributed by atoms with van der Waals surface area (Å²) in [6.45, 7) is -0.349. The average Bonchev–Trinajstić information content (AvgIpc) is 3.10. The highest BCUT2D eigenvalue weighted by Crippen LogP contribution is 2.19. The minimum absolute atomic E-state index is 0.0513. The molecule has 3 aromatic rings. The first-order valence-electron chi connectivity index (χ1n) is 9.45. The van der Waals surface area contributed by atoms with Crippen molar-refractivity contribution in [3.8, 4) is 0 Å². The molecule has 3 rings (SSSR count). The third-order valence-electron chi connectivity index (χ3n) is 4.69. The number of carboxylic acid groups (broad SMARTS) is 2. The molecule has 1 aromatic heterocycles. The molecule has 0 saturated carbocycles. The van der Waals surface area contributed by atoms with Crippen LogP contribution in [0, 0.1) is 0 Å². The van der Waals surface area contributed by atoms with Crippen molar-refractivity contribution in [2.24, 2.45) is 0 Å². The van der Waals surface area contributed by atoms with Crippen molar-refractivity contribution in [2.45, 2.75) is 19.0 Å². The fraction of sp³-hybridized carbons (Fsp3) is 0.227. The van der Waals surface area contributed by atoms with Crippen molar-refractivity contribution in [2.75, 3.05) is 13.1 Å². The molecule has 0 spiro atoms. The zero-order valence-electron chi connectivity index (χ0n) is 16.2. The van der Waals surface area contributed by atoms with Gasteiger partial charge in [0.15, 0.2) is 0 Å². The molecule has 156 valence electrons.